The van der Waals surface area contributed by atoms with Crippen molar-refractivity contribution in [1.29, 1.82) is 0 Å². The van der Waals surface area contributed by atoms with Gasteiger partial charge in [-0.2, -0.15) is 0 Å². The van der Waals surface area contributed by atoms with E-state index < -0.39 is 11.9 Å². The number of benzene rings is 2. The minimum absolute atomic E-state index is 0.0465. The number of fused-ring (bicyclic) bond motifs is 1. The van der Waals surface area contributed by atoms with Gasteiger partial charge in [0.1, 0.15) is 0 Å². The summed E-state index contributed by atoms with van der Waals surface area (Å²) in [6.07, 6.45) is 0. The maximum atomic E-state index is 11.7. The number of aliphatic carboxylic acids is 1. The van der Waals surface area contributed by atoms with Crippen LogP contribution < -0.4 is 0 Å². The molecule has 0 aromatic heterocycles. The summed E-state index contributed by atoms with van der Waals surface area (Å²) in [5.74, 6) is -1.03. The molecule has 0 radical (unpaired) electrons. The first kappa shape index (κ1) is 12.2. The van der Waals surface area contributed by atoms with Gasteiger partial charge in [-0.05, 0) is 22.3 Å². The highest BCUT2D eigenvalue weighted by molar-refractivity contribution is 9.09. The van der Waals surface area contributed by atoms with Crippen LogP contribution in [0.15, 0.2) is 48.5 Å². The average molecular weight is 329 g/mol. The Morgan fingerprint density at radius 3 is 1.65 bits per heavy atom. The molecule has 3 aliphatic rings. The molecule has 0 unspecified atom stereocenters. The van der Waals surface area contributed by atoms with Crippen molar-refractivity contribution in [2.24, 2.45) is 5.92 Å². The van der Waals surface area contributed by atoms with E-state index in [1.807, 2.05) is 24.3 Å². The van der Waals surface area contributed by atoms with Crippen molar-refractivity contribution in [2.45, 2.75) is 16.7 Å². The molecule has 0 fully saturated rings. The normalized spacial score (nSPS) is 29.6. The van der Waals surface area contributed by atoms with E-state index in [-0.39, 0.29) is 16.7 Å². The molecule has 100 valence electrons. The lowest BCUT2D eigenvalue weighted by atomic mass is 9.59. The summed E-state index contributed by atoms with van der Waals surface area (Å²) in [6.45, 7) is 0. The van der Waals surface area contributed by atoms with Crippen LogP contribution in [0, 0.1) is 5.92 Å². The summed E-state index contributed by atoms with van der Waals surface area (Å²) in [5, 5.41) is 9.65. The van der Waals surface area contributed by atoms with Gasteiger partial charge in [0.2, 0.25) is 0 Å². The van der Waals surface area contributed by atoms with Crippen molar-refractivity contribution in [3.05, 3.63) is 70.8 Å². The Bertz CT molecular complexity index is 662. The van der Waals surface area contributed by atoms with Gasteiger partial charge < -0.3 is 5.11 Å². The van der Waals surface area contributed by atoms with Crippen molar-refractivity contribution in [2.75, 3.05) is 0 Å². The second-order valence-electron chi connectivity index (χ2n) is 5.52. The number of rotatable bonds is 1. The van der Waals surface area contributed by atoms with Crippen molar-refractivity contribution in [1.82, 2.24) is 0 Å². The van der Waals surface area contributed by atoms with Crippen molar-refractivity contribution < 1.29 is 9.90 Å². The minimum atomic E-state index is -0.717. The second-order valence-corrected chi connectivity index (χ2v) is 6.58. The largest absolute Gasteiger partial charge is 0.481 e. The number of carboxylic acids is 1. The van der Waals surface area contributed by atoms with Crippen LogP contribution in [0.2, 0.25) is 0 Å². The molecule has 2 nitrogen and oxygen atoms in total. The fourth-order valence-corrected chi connectivity index (χ4v) is 4.99. The van der Waals surface area contributed by atoms with Crippen LogP contribution in [-0.2, 0) is 4.79 Å². The molecule has 20 heavy (non-hydrogen) atoms. The standard InChI is InChI=1S/C17H13BrO2/c18-16-14-11-7-3-1-5-9(11)13(15(16)17(19)20)10-6-2-4-8-12(10)14/h1-8,13-16H,(H,19,20)/t13?,14?,15-,16-/m0/s1. The number of carbonyl (C=O) groups is 1. The van der Waals surface area contributed by atoms with Crippen LogP contribution in [0.3, 0.4) is 0 Å². The van der Waals surface area contributed by atoms with Gasteiger partial charge in [-0.1, -0.05) is 64.5 Å². The van der Waals surface area contributed by atoms with Gasteiger partial charge in [0.15, 0.2) is 0 Å². The quantitative estimate of drug-likeness (QED) is 0.809. The molecular weight excluding hydrogens is 316 g/mol. The zero-order valence-corrected chi connectivity index (χ0v) is 12.2. The number of carboxylic acid groups (broad SMARTS) is 1. The summed E-state index contributed by atoms with van der Waals surface area (Å²) in [7, 11) is 0. The van der Waals surface area contributed by atoms with Crippen LogP contribution in [0.5, 0.6) is 0 Å². The summed E-state index contributed by atoms with van der Waals surface area (Å²) in [6, 6.07) is 16.5. The predicted molar refractivity (Wildman–Crippen MR) is 80.4 cm³/mol. The highest BCUT2D eigenvalue weighted by Crippen LogP contribution is 2.57. The summed E-state index contributed by atoms with van der Waals surface area (Å²) >= 11 is 3.67. The number of halogens is 1. The summed E-state index contributed by atoms with van der Waals surface area (Å²) in [4.78, 5) is 11.7. The molecule has 2 aromatic carbocycles. The number of hydrogen-bond acceptors (Lipinski definition) is 1. The van der Waals surface area contributed by atoms with Crippen molar-refractivity contribution in [3.63, 3.8) is 0 Å². The van der Waals surface area contributed by atoms with Gasteiger partial charge in [-0.25, -0.2) is 0 Å². The average Bonchev–Trinajstić information content (AvgIpc) is 2.47. The van der Waals surface area contributed by atoms with E-state index in [1.165, 1.54) is 22.3 Å². The van der Waals surface area contributed by atoms with E-state index in [9.17, 15) is 9.90 Å². The Morgan fingerprint density at radius 2 is 1.25 bits per heavy atom. The van der Waals surface area contributed by atoms with Gasteiger partial charge in [-0.3, -0.25) is 4.79 Å². The minimum Gasteiger partial charge on any atom is -0.481 e. The third-order valence-electron chi connectivity index (χ3n) is 4.64. The lowest BCUT2D eigenvalue weighted by molar-refractivity contribution is -0.142. The highest BCUT2D eigenvalue weighted by Gasteiger charge is 2.51. The molecule has 0 saturated carbocycles. The lowest BCUT2D eigenvalue weighted by Gasteiger charge is -2.47. The number of hydrogen-bond donors (Lipinski definition) is 1. The van der Waals surface area contributed by atoms with E-state index in [0.717, 1.165) is 0 Å². The zero-order valence-electron chi connectivity index (χ0n) is 10.7. The SMILES string of the molecule is O=C(O)[C@H]1C2c3ccccc3C(c3ccccc32)[C@@H]1Br. The molecule has 5 rings (SSSR count). The van der Waals surface area contributed by atoms with E-state index >= 15 is 0 Å². The molecule has 1 N–H and O–H groups in total. The summed E-state index contributed by atoms with van der Waals surface area (Å²) < 4.78 is 0. The maximum Gasteiger partial charge on any atom is 0.308 e. The first-order chi connectivity index (χ1) is 9.70. The maximum absolute atomic E-state index is 11.7. The third-order valence-corrected chi connectivity index (χ3v) is 5.74. The van der Waals surface area contributed by atoms with E-state index in [2.05, 4.69) is 40.2 Å². The molecule has 2 bridgehead atoms. The Morgan fingerprint density at radius 1 is 0.850 bits per heavy atom. The van der Waals surface area contributed by atoms with Gasteiger partial charge in [-0.15, -0.1) is 0 Å². The first-order valence-electron chi connectivity index (χ1n) is 6.74. The Hall–Kier alpha value is -1.61. The smallest absolute Gasteiger partial charge is 0.308 e. The number of alkyl halides is 1. The Balaban J connectivity index is 2.04. The van der Waals surface area contributed by atoms with Crippen LogP contribution in [-0.4, -0.2) is 15.9 Å². The van der Waals surface area contributed by atoms with Gasteiger partial charge >= 0.3 is 5.97 Å². The summed E-state index contributed by atoms with van der Waals surface area (Å²) in [5.41, 5.74) is 4.91. The van der Waals surface area contributed by atoms with E-state index in [1.54, 1.807) is 0 Å². The molecular formula is C17H13BrO2. The fraction of sp³-hybridized carbons (Fsp3) is 0.235. The monoisotopic (exact) mass is 328 g/mol. The van der Waals surface area contributed by atoms with Crippen LogP contribution >= 0.6 is 15.9 Å². The van der Waals surface area contributed by atoms with E-state index in [4.69, 9.17) is 0 Å². The molecule has 3 aliphatic carbocycles. The van der Waals surface area contributed by atoms with Crippen LogP contribution in [0.1, 0.15) is 34.1 Å². The third kappa shape index (κ3) is 1.41. The Kier molecular flexibility index (Phi) is 2.55. The van der Waals surface area contributed by atoms with Gasteiger partial charge in [0, 0.05) is 16.7 Å². The fourth-order valence-electron chi connectivity index (χ4n) is 3.89. The molecule has 0 spiro atoms. The molecule has 2 atom stereocenters. The molecule has 0 amide bonds. The zero-order chi connectivity index (χ0) is 13.9. The van der Waals surface area contributed by atoms with E-state index in [0.29, 0.717) is 0 Å². The van der Waals surface area contributed by atoms with Crippen LogP contribution in [0.4, 0.5) is 0 Å². The van der Waals surface area contributed by atoms with Crippen molar-refractivity contribution in [3.8, 4) is 0 Å². The first-order valence-corrected chi connectivity index (χ1v) is 7.66. The molecule has 3 heteroatoms. The molecule has 0 aliphatic heterocycles. The van der Waals surface area contributed by atoms with Gasteiger partial charge in [0.25, 0.3) is 0 Å². The lowest BCUT2D eigenvalue weighted by Crippen LogP contribution is -2.44. The Labute approximate surface area is 125 Å². The van der Waals surface area contributed by atoms with Crippen LogP contribution in [0.25, 0.3) is 0 Å². The topological polar surface area (TPSA) is 37.3 Å². The molecule has 2 aromatic rings. The van der Waals surface area contributed by atoms with Crippen molar-refractivity contribution >= 4 is 21.9 Å². The second kappa shape index (κ2) is 4.19. The highest BCUT2D eigenvalue weighted by atomic mass is 79.9. The molecule has 0 heterocycles. The molecule has 0 saturated heterocycles. The predicted octanol–water partition coefficient (Wildman–Crippen LogP) is 3.74. The van der Waals surface area contributed by atoms with Gasteiger partial charge in [0.05, 0.1) is 5.92 Å².